The van der Waals surface area contributed by atoms with E-state index >= 15 is 0 Å². The quantitative estimate of drug-likeness (QED) is 0.614. The van der Waals surface area contributed by atoms with E-state index in [1.165, 1.54) is 0 Å². The topological polar surface area (TPSA) is 105 Å². The molecular weight excluding hydrogens is 388 g/mol. The minimum Gasteiger partial charge on any atom is -0.351 e. The monoisotopic (exact) mass is 408 g/mol. The molecule has 3 rings (SSSR count). The highest BCUT2D eigenvalue weighted by Gasteiger charge is 2.17. The van der Waals surface area contributed by atoms with Gasteiger partial charge in [0.15, 0.2) is 9.84 Å². The minimum atomic E-state index is -3.61. The van der Waals surface area contributed by atoms with Crippen LogP contribution in [-0.2, 0) is 33.5 Å². The van der Waals surface area contributed by atoms with Crippen molar-refractivity contribution in [2.45, 2.75) is 18.8 Å². The van der Waals surface area contributed by atoms with E-state index in [0.29, 0.717) is 17.7 Å². The molecule has 0 atom stereocenters. The second-order valence-corrected chi connectivity index (χ2v) is 8.74. The highest BCUT2D eigenvalue weighted by molar-refractivity contribution is 7.91. The Morgan fingerprint density at radius 2 is 1.86 bits per heavy atom. The van der Waals surface area contributed by atoms with Crippen LogP contribution in [0.1, 0.15) is 22.3 Å². The van der Waals surface area contributed by atoms with E-state index in [0.717, 1.165) is 11.1 Å². The van der Waals surface area contributed by atoms with Crippen LogP contribution >= 0.6 is 0 Å². The van der Waals surface area contributed by atoms with Gasteiger partial charge in [0.1, 0.15) is 5.75 Å². The normalized spacial score (nSPS) is 11.0. The Morgan fingerprint density at radius 3 is 2.55 bits per heavy atom. The number of nitrogens with zero attached hydrogens (tertiary/aromatic N) is 3. The number of nitriles is 1. The molecule has 0 aliphatic rings. The van der Waals surface area contributed by atoms with Crippen molar-refractivity contribution in [1.29, 1.82) is 5.26 Å². The zero-order chi connectivity index (χ0) is 20.7. The standard InChI is InChI=1S/C21H20N4O3S/c22-11-17-4-6-18(7-5-17)14-29(27,28)15-21(26)24-12-19-2-1-3-20(10-19)13-25-9-8-23-16-25/h1-10,16H,12-15H2,(H,24,26). The molecule has 0 unspecified atom stereocenters. The summed E-state index contributed by atoms with van der Waals surface area (Å²) in [4.78, 5) is 16.1. The van der Waals surface area contributed by atoms with Crippen molar-refractivity contribution >= 4 is 15.7 Å². The van der Waals surface area contributed by atoms with Crippen LogP contribution in [0.4, 0.5) is 0 Å². The molecule has 0 aliphatic heterocycles. The Balaban J connectivity index is 1.53. The summed E-state index contributed by atoms with van der Waals surface area (Å²) in [5.41, 5.74) is 2.95. The number of hydrogen-bond donors (Lipinski definition) is 1. The predicted molar refractivity (Wildman–Crippen MR) is 108 cm³/mol. The third-order valence-electron chi connectivity index (χ3n) is 4.23. The lowest BCUT2D eigenvalue weighted by Gasteiger charge is -2.09. The highest BCUT2D eigenvalue weighted by Crippen LogP contribution is 2.10. The second kappa shape index (κ2) is 9.17. The summed E-state index contributed by atoms with van der Waals surface area (Å²) in [5, 5.41) is 11.5. The second-order valence-electron chi connectivity index (χ2n) is 6.67. The summed E-state index contributed by atoms with van der Waals surface area (Å²) >= 11 is 0. The number of aromatic nitrogens is 2. The largest absolute Gasteiger partial charge is 0.351 e. The maximum Gasteiger partial charge on any atom is 0.235 e. The summed E-state index contributed by atoms with van der Waals surface area (Å²) in [7, 11) is -3.61. The molecule has 0 radical (unpaired) electrons. The molecule has 7 nitrogen and oxygen atoms in total. The van der Waals surface area contributed by atoms with Crippen molar-refractivity contribution in [2.75, 3.05) is 5.75 Å². The maximum atomic E-state index is 12.3. The van der Waals surface area contributed by atoms with Gasteiger partial charge in [-0.3, -0.25) is 4.79 Å². The number of hydrogen-bond acceptors (Lipinski definition) is 5. The molecule has 0 fully saturated rings. The number of carbonyl (C=O) groups is 1. The molecule has 0 spiro atoms. The van der Waals surface area contributed by atoms with Crippen LogP contribution in [0.3, 0.4) is 0 Å². The molecule has 29 heavy (non-hydrogen) atoms. The lowest BCUT2D eigenvalue weighted by Crippen LogP contribution is -2.30. The Hall–Kier alpha value is -3.44. The zero-order valence-corrected chi connectivity index (χ0v) is 16.5. The summed E-state index contributed by atoms with van der Waals surface area (Å²) in [5.74, 6) is -1.37. The Labute approximate surface area is 169 Å². The first-order valence-electron chi connectivity index (χ1n) is 8.93. The summed E-state index contributed by atoms with van der Waals surface area (Å²) in [6.07, 6.45) is 5.31. The van der Waals surface area contributed by atoms with Crippen molar-refractivity contribution in [3.05, 3.63) is 89.5 Å². The molecular formula is C21H20N4O3S. The van der Waals surface area contributed by atoms with E-state index in [1.54, 1.807) is 36.8 Å². The van der Waals surface area contributed by atoms with E-state index in [2.05, 4.69) is 10.3 Å². The summed E-state index contributed by atoms with van der Waals surface area (Å²) < 4.78 is 26.5. The van der Waals surface area contributed by atoms with Gasteiger partial charge in [-0.15, -0.1) is 0 Å². The minimum absolute atomic E-state index is 0.244. The Morgan fingerprint density at radius 1 is 1.10 bits per heavy atom. The molecule has 1 aromatic heterocycles. The van der Waals surface area contributed by atoms with Gasteiger partial charge in [-0.05, 0) is 28.8 Å². The van der Waals surface area contributed by atoms with Crippen molar-refractivity contribution in [3.63, 3.8) is 0 Å². The fourth-order valence-corrected chi connectivity index (χ4v) is 4.16. The maximum absolute atomic E-state index is 12.3. The van der Waals surface area contributed by atoms with Gasteiger partial charge in [-0.1, -0.05) is 36.4 Å². The number of carbonyl (C=O) groups excluding carboxylic acids is 1. The van der Waals surface area contributed by atoms with Crippen LogP contribution in [0, 0.1) is 11.3 Å². The van der Waals surface area contributed by atoms with Gasteiger partial charge >= 0.3 is 0 Å². The third-order valence-corrected chi connectivity index (χ3v) is 5.70. The molecule has 1 N–H and O–H groups in total. The van der Waals surface area contributed by atoms with Gasteiger partial charge in [-0.2, -0.15) is 5.26 Å². The summed E-state index contributed by atoms with van der Waals surface area (Å²) in [6.45, 7) is 0.920. The molecule has 0 aliphatic carbocycles. The average Bonchev–Trinajstić information content (AvgIpc) is 3.19. The van der Waals surface area contributed by atoms with Crippen molar-refractivity contribution in [2.24, 2.45) is 0 Å². The first-order chi connectivity index (χ1) is 13.9. The fourth-order valence-electron chi connectivity index (χ4n) is 2.86. The molecule has 2 aromatic carbocycles. The van der Waals surface area contributed by atoms with Gasteiger partial charge < -0.3 is 9.88 Å². The molecule has 0 saturated heterocycles. The van der Waals surface area contributed by atoms with Crippen molar-refractivity contribution in [1.82, 2.24) is 14.9 Å². The molecule has 3 aromatic rings. The van der Waals surface area contributed by atoms with E-state index in [-0.39, 0.29) is 12.3 Å². The smallest absolute Gasteiger partial charge is 0.235 e. The number of amides is 1. The molecule has 0 saturated carbocycles. The summed E-state index contributed by atoms with van der Waals surface area (Å²) in [6, 6.07) is 16.0. The fraction of sp³-hybridized carbons (Fsp3) is 0.190. The van der Waals surface area contributed by atoms with Crippen LogP contribution in [-0.4, -0.2) is 29.6 Å². The van der Waals surface area contributed by atoms with Crippen LogP contribution in [0.25, 0.3) is 0 Å². The van der Waals surface area contributed by atoms with E-state index in [4.69, 9.17) is 5.26 Å². The van der Waals surface area contributed by atoms with Gasteiger partial charge in [-0.25, -0.2) is 13.4 Å². The zero-order valence-electron chi connectivity index (χ0n) is 15.7. The molecule has 148 valence electrons. The molecule has 1 heterocycles. The van der Waals surface area contributed by atoms with Crippen LogP contribution in [0.15, 0.2) is 67.3 Å². The van der Waals surface area contributed by atoms with Gasteiger partial charge in [0.2, 0.25) is 5.91 Å². The average molecular weight is 408 g/mol. The predicted octanol–water partition coefficient (Wildman–Crippen LogP) is 2.03. The van der Waals surface area contributed by atoms with Crippen molar-refractivity contribution < 1.29 is 13.2 Å². The van der Waals surface area contributed by atoms with Crippen LogP contribution in [0.2, 0.25) is 0 Å². The molecule has 1 amide bonds. The third kappa shape index (κ3) is 6.30. The number of benzene rings is 2. The molecule has 8 heteroatoms. The Kier molecular flexibility index (Phi) is 6.42. The van der Waals surface area contributed by atoms with Gasteiger partial charge in [0, 0.05) is 25.5 Å². The highest BCUT2D eigenvalue weighted by atomic mass is 32.2. The van der Waals surface area contributed by atoms with E-state index in [1.807, 2.05) is 41.1 Å². The number of nitrogens with one attached hydrogen (secondary N) is 1. The SMILES string of the molecule is N#Cc1ccc(CS(=O)(=O)CC(=O)NCc2cccc(Cn3ccnc3)c2)cc1. The van der Waals surface area contributed by atoms with E-state index in [9.17, 15) is 13.2 Å². The van der Waals surface area contributed by atoms with Gasteiger partial charge in [0.05, 0.1) is 23.7 Å². The lowest BCUT2D eigenvalue weighted by molar-refractivity contribution is -0.118. The first kappa shape index (κ1) is 20.3. The van der Waals surface area contributed by atoms with Gasteiger partial charge in [0.25, 0.3) is 0 Å². The number of sulfone groups is 1. The van der Waals surface area contributed by atoms with Crippen LogP contribution < -0.4 is 5.32 Å². The number of imidazole rings is 1. The van der Waals surface area contributed by atoms with E-state index < -0.39 is 21.5 Å². The lowest BCUT2D eigenvalue weighted by atomic mass is 10.1. The van der Waals surface area contributed by atoms with Crippen LogP contribution in [0.5, 0.6) is 0 Å². The Bertz CT molecular complexity index is 1120. The first-order valence-corrected chi connectivity index (χ1v) is 10.8. The molecule has 0 bridgehead atoms. The van der Waals surface area contributed by atoms with Crippen molar-refractivity contribution in [3.8, 4) is 6.07 Å². The number of rotatable bonds is 8.